The van der Waals surface area contributed by atoms with Crippen molar-refractivity contribution in [3.05, 3.63) is 52.9 Å². The number of rotatable bonds is 8. The molecule has 2 aromatic heterocycles. The Morgan fingerprint density at radius 1 is 1.34 bits per heavy atom. The number of carbonyl (C=O) groups is 1. The second kappa shape index (κ2) is 8.69. The third-order valence-corrected chi connectivity index (χ3v) is 4.03. The fourth-order valence-electron chi connectivity index (χ4n) is 2.42. The molecular formula is C17H16ClF2N7O2. The summed E-state index contributed by atoms with van der Waals surface area (Å²) in [4.78, 5) is 19.1. The van der Waals surface area contributed by atoms with E-state index in [4.69, 9.17) is 22.1 Å². The number of carbonyl (C=O) groups excluding carboxylic acids is 1. The number of amides is 1. The maximum absolute atomic E-state index is 14.3. The minimum atomic E-state index is -0.814. The van der Waals surface area contributed by atoms with Gasteiger partial charge >= 0.3 is 0 Å². The summed E-state index contributed by atoms with van der Waals surface area (Å²) >= 11 is 6.07. The van der Waals surface area contributed by atoms with Crippen LogP contribution in [0.4, 0.5) is 26.2 Å². The molecule has 0 aliphatic heterocycles. The number of ether oxygens (including phenoxy) is 1. The van der Waals surface area contributed by atoms with E-state index in [1.54, 1.807) is 0 Å². The van der Waals surface area contributed by atoms with E-state index >= 15 is 0 Å². The largest absolute Gasteiger partial charge is 0.494 e. The molecule has 152 valence electrons. The highest BCUT2D eigenvalue weighted by Crippen LogP contribution is 2.26. The lowest BCUT2D eigenvalue weighted by atomic mass is 10.2. The number of halogens is 3. The number of anilines is 3. The van der Waals surface area contributed by atoms with Crippen molar-refractivity contribution in [1.82, 2.24) is 19.7 Å². The van der Waals surface area contributed by atoms with E-state index in [1.165, 1.54) is 36.4 Å². The molecule has 12 heteroatoms. The van der Waals surface area contributed by atoms with Gasteiger partial charge in [0.25, 0.3) is 0 Å². The summed E-state index contributed by atoms with van der Waals surface area (Å²) < 4.78 is 34.4. The molecule has 0 fully saturated rings. The minimum Gasteiger partial charge on any atom is -0.494 e. The molecule has 29 heavy (non-hydrogen) atoms. The van der Waals surface area contributed by atoms with E-state index in [1.807, 2.05) is 0 Å². The van der Waals surface area contributed by atoms with Crippen molar-refractivity contribution in [2.24, 2.45) is 5.73 Å². The Morgan fingerprint density at radius 2 is 2.14 bits per heavy atom. The first-order chi connectivity index (χ1) is 13.9. The fourth-order valence-corrected chi connectivity index (χ4v) is 2.58. The molecule has 0 aliphatic rings. The van der Waals surface area contributed by atoms with Gasteiger partial charge in [0.05, 0.1) is 25.2 Å². The first kappa shape index (κ1) is 20.3. The molecule has 3 rings (SSSR count). The van der Waals surface area contributed by atoms with E-state index in [-0.39, 0.29) is 41.2 Å². The van der Waals surface area contributed by atoms with Gasteiger partial charge in [0, 0.05) is 18.3 Å². The van der Waals surface area contributed by atoms with Gasteiger partial charge in [-0.05, 0) is 12.1 Å². The van der Waals surface area contributed by atoms with E-state index in [0.29, 0.717) is 5.69 Å². The Morgan fingerprint density at radius 3 is 2.86 bits per heavy atom. The molecule has 9 nitrogen and oxygen atoms in total. The van der Waals surface area contributed by atoms with Gasteiger partial charge in [-0.25, -0.2) is 13.8 Å². The number of primary amides is 1. The van der Waals surface area contributed by atoms with Crippen LogP contribution in [-0.2, 0) is 17.9 Å². The molecule has 0 bridgehead atoms. The summed E-state index contributed by atoms with van der Waals surface area (Å²) in [6.45, 7) is -0.296. The standard InChI is InChI=1S/C17H16ClF2N7O2/c1-29-13-3-2-12(19)10(15(13)20)5-22-16-11(18)6-23-17(26-16)25-9-4-24-27(7-9)8-14(21)28/h2-4,6-7H,5,8H2,1H3,(H2,21,28)(H2,22,23,25,26). The predicted octanol–water partition coefficient (Wildman–Crippen LogP) is 2.45. The topological polar surface area (TPSA) is 120 Å². The van der Waals surface area contributed by atoms with Gasteiger partial charge in [-0.2, -0.15) is 10.1 Å². The highest BCUT2D eigenvalue weighted by Gasteiger charge is 2.15. The van der Waals surface area contributed by atoms with Crippen molar-refractivity contribution in [3.63, 3.8) is 0 Å². The van der Waals surface area contributed by atoms with Gasteiger partial charge in [-0.15, -0.1) is 0 Å². The summed E-state index contributed by atoms with van der Waals surface area (Å²) in [5.41, 5.74) is 5.40. The van der Waals surface area contributed by atoms with Crippen LogP contribution in [0, 0.1) is 11.6 Å². The molecule has 0 aliphatic carbocycles. The number of nitrogens with one attached hydrogen (secondary N) is 2. The number of benzene rings is 1. The van der Waals surface area contributed by atoms with Gasteiger partial charge in [0.2, 0.25) is 11.9 Å². The number of nitrogens with two attached hydrogens (primary N) is 1. The molecule has 0 saturated carbocycles. The Hall–Kier alpha value is -3.47. The van der Waals surface area contributed by atoms with Gasteiger partial charge in [0.1, 0.15) is 17.4 Å². The highest BCUT2D eigenvalue weighted by atomic mass is 35.5. The van der Waals surface area contributed by atoms with Crippen LogP contribution in [0.15, 0.2) is 30.7 Å². The first-order valence-corrected chi connectivity index (χ1v) is 8.60. The number of nitrogens with zero attached hydrogens (tertiary/aromatic N) is 4. The van der Waals surface area contributed by atoms with Crippen molar-refractivity contribution in [1.29, 1.82) is 0 Å². The van der Waals surface area contributed by atoms with Crippen LogP contribution in [-0.4, -0.2) is 32.8 Å². The normalized spacial score (nSPS) is 10.6. The summed E-state index contributed by atoms with van der Waals surface area (Å²) in [6, 6.07) is 2.31. The van der Waals surface area contributed by atoms with Crippen LogP contribution in [0.1, 0.15) is 5.56 Å². The Kier molecular flexibility index (Phi) is 6.07. The van der Waals surface area contributed by atoms with E-state index in [2.05, 4.69) is 25.7 Å². The second-order valence-electron chi connectivity index (χ2n) is 5.80. The summed E-state index contributed by atoms with van der Waals surface area (Å²) in [6.07, 6.45) is 4.32. The third-order valence-electron chi connectivity index (χ3n) is 3.75. The Bertz CT molecular complexity index is 1040. The average molecular weight is 424 g/mol. The van der Waals surface area contributed by atoms with Crippen molar-refractivity contribution in [2.75, 3.05) is 17.7 Å². The zero-order valence-electron chi connectivity index (χ0n) is 15.1. The van der Waals surface area contributed by atoms with Gasteiger partial charge in [-0.1, -0.05) is 11.6 Å². The Labute approximate surface area is 168 Å². The smallest absolute Gasteiger partial charge is 0.239 e. The van der Waals surface area contributed by atoms with E-state index in [9.17, 15) is 13.6 Å². The molecule has 0 radical (unpaired) electrons. The van der Waals surface area contributed by atoms with E-state index < -0.39 is 17.5 Å². The molecule has 0 unspecified atom stereocenters. The molecular weight excluding hydrogens is 408 g/mol. The van der Waals surface area contributed by atoms with Crippen molar-refractivity contribution < 1.29 is 18.3 Å². The number of aromatic nitrogens is 4. The zero-order valence-corrected chi connectivity index (χ0v) is 15.9. The van der Waals surface area contributed by atoms with Crippen LogP contribution >= 0.6 is 11.6 Å². The summed E-state index contributed by atoms with van der Waals surface area (Å²) in [7, 11) is 1.29. The van der Waals surface area contributed by atoms with Crippen molar-refractivity contribution in [3.8, 4) is 5.75 Å². The van der Waals surface area contributed by atoms with Crippen LogP contribution in [0.3, 0.4) is 0 Å². The second-order valence-corrected chi connectivity index (χ2v) is 6.21. The van der Waals surface area contributed by atoms with Gasteiger partial charge in [0.15, 0.2) is 17.4 Å². The molecule has 3 aromatic rings. The monoisotopic (exact) mass is 423 g/mol. The SMILES string of the molecule is COc1ccc(F)c(CNc2nc(Nc3cnn(CC(N)=O)c3)ncc2Cl)c1F. The minimum absolute atomic E-state index is 0.0758. The summed E-state index contributed by atoms with van der Waals surface area (Å²) in [5.74, 6) is -1.85. The third kappa shape index (κ3) is 4.88. The Balaban J connectivity index is 1.75. The van der Waals surface area contributed by atoms with Crippen LogP contribution < -0.4 is 21.1 Å². The number of hydrogen-bond acceptors (Lipinski definition) is 7. The summed E-state index contributed by atoms with van der Waals surface area (Å²) in [5, 5.41) is 9.78. The van der Waals surface area contributed by atoms with Crippen molar-refractivity contribution in [2.45, 2.75) is 13.1 Å². The molecule has 4 N–H and O–H groups in total. The molecule has 2 heterocycles. The number of hydrogen-bond donors (Lipinski definition) is 3. The van der Waals surface area contributed by atoms with Gasteiger partial charge < -0.3 is 21.1 Å². The maximum atomic E-state index is 14.3. The van der Waals surface area contributed by atoms with Crippen LogP contribution in [0.2, 0.25) is 5.02 Å². The lowest BCUT2D eigenvalue weighted by molar-refractivity contribution is -0.118. The fraction of sp³-hybridized carbons (Fsp3) is 0.176. The average Bonchev–Trinajstić information content (AvgIpc) is 3.10. The molecule has 1 amide bonds. The van der Waals surface area contributed by atoms with Crippen LogP contribution in [0.5, 0.6) is 5.75 Å². The molecule has 0 saturated heterocycles. The quantitative estimate of drug-likeness (QED) is 0.509. The maximum Gasteiger partial charge on any atom is 0.239 e. The molecule has 1 aromatic carbocycles. The molecule has 0 atom stereocenters. The lowest BCUT2D eigenvalue weighted by Gasteiger charge is -2.12. The van der Waals surface area contributed by atoms with Crippen LogP contribution in [0.25, 0.3) is 0 Å². The highest BCUT2D eigenvalue weighted by molar-refractivity contribution is 6.32. The van der Waals surface area contributed by atoms with Crippen molar-refractivity contribution >= 4 is 35.0 Å². The first-order valence-electron chi connectivity index (χ1n) is 8.22. The number of methoxy groups -OCH3 is 1. The predicted molar refractivity (Wildman–Crippen MR) is 102 cm³/mol. The zero-order chi connectivity index (χ0) is 21.0. The van der Waals surface area contributed by atoms with Gasteiger partial charge in [-0.3, -0.25) is 9.48 Å². The van der Waals surface area contributed by atoms with E-state index in [0.717, 1.165) is 6.07 Å². The lowest BCUT2D eigenvalue weighted by Crippen LogP contribution is -2.18. The molecule has 0 spiro atoms.